The van der Waals surface area contributed by atoms with Crippen LogP contribution in [0.15, 0.2) is 58.3 Å². The van der Waals surface area contributed by atoms with E-state index in [9.17, 15) is 4.79 Å². The van der Waals surface area contributed by atoms with E-state index in [1.165, 1.54) is 21.2 Å². The van der Waals surface area contributed by atoms with E-state index in [4.69, 9.17) is 4.74 Å². The normalized spacial score (nSPS) is 16.5. The molecule has 1 saturated heterocycles. The van der Waals surface area contributed by atoms with Gasteiger partial charge in [-0.25, -0.2) is 0 Å². The molecule has 2 heterocycles. The lowest BCUT2D eigenvalue weighted by Gasteiger charge is -2.33. The number of ether oxygens (including phenoxy) is 1. The fourth-order valence-electron chi connectivity index (χ4n) is 3.20. The van der Waals surface area contributed by atoms with Gasteiger partial charge in [0, 0.05) is 35.8 Å². The monoisotopic (exact) mass is 340 g/mol. The first-order valence-electron chi connectivity index (χ1n) is 8.32. The molecule has 2 aliphatic heterocycles. The number of carbonyl (C=O) groups excluding carboxylic acids is 1. The van der Waals surface area contributed by atoms with Crippen LogP contribution < -0.4 is 4.90 Å². The number of benzene rings is 2. The van der Waals surface area contributed by atoms with Crippen LogP contribution in [0.2, 0.25) is 0 Å². The summed E-state index contributed by atoms with van der Waals surface area (Å²) >= 11 is 1.80. The predicted molar refractivity (Wildman–Crippen MR) is 96.0 cm³/mol. The molecule has 4 nitrogen and oxygen atoms in total. The fourth-order valence-corrected chi connectivity index (χ4v) is 4.30. The quantitative estimate of drug-likeness (QED) is 0.856. The summed E-state index contributed by atoms with van der Waals surface area (Å²) in [6.45, 7) is 3.42. The Morgan fingerprint density at radius 1 is 0.958 bits per heavy atom. The maximum absolute atomic E-state index is 12.5. The molecule has 2 aromatic carbocycles. The SMILES string of the molecule is O=C(CCN1c2ccccc2Sc2ccccc21)N1CCOCC1. The van der Waals surface area contributed by atoms with Gasteiger partial charge in [0.2, 0.25) is 5.91 Å². The summed E-state index contributed by atoms with van der Waals surface area (Å²) in [6.07, 6.45) is 0.521. The van der Waals surface area contributed by atoms with Crippen molar-refractivity contribution < 1.29 is 9.53 Å². The van der Waals surface area contributed by atoms with Crippen LogP contribution in [0.1, 0.15) is 6.42 Å². The third kappa shape index (κ3) is 3.01. The lowest BCUT2D eigenvalue weighted by atomic mass is 10.2. The second kappa shape index (κ2) is 6.87. The summed E-state index contributed by atoms with van der Waals surface area (Å²) in [5.74, 6) is 0.214. The minimum atomic E-state index is 0.214. The van der Waals surface area contributed by atoms with Gasteiger partial charge in [0.05, 0.1) is 24.6 Å². The van der Waals surface area contributed by atoms with E-state index in [1.54, 1.807) is 11.8 Å². The molecular formula is C19H20N2O2S. The van der Waals surface area contributed by atoms with Crippen molar-refractivity contribution in [2.75, 3.05) is 37.7 Å². The van der Waals surface area contributed by atoms with E-state index < -0.39 is 0 Å². The summed E-state index contributed by atoms with van der Waals surface area (Å²) < 4.78 is 5.33. The van der Waals surface area contributed by atoms with Crippen LogP contribution in [-0.4, -0.2) is 43.7 Å². The van der Waals surface area contributed by atoms with Crippen LogP contribution in [0.4, 0.5) is 11.4 Å². The molecule has 0 saturated carbocycles. The maximum Gasteiger partial charge on any atom is 0.224 e. The van der Waals surface area contributed by atoms with Gasteiger partial charge < -0.3 is 14.5 Å². The van der Waals surface area contributed by atoms with E-state index in [0.29, 0.717) is 39.3 Å². The number of morpholine rings is 1. The van der Waals surface area contributed by atoms with E-state index in [2.05, 4.69) is 53.4 Å². The van der Waals surface area contributed by atoms with E-state index in [0.717, 1.165) is 0 Å². The Hall–Kier alpha value is -1.98. The number of anilines is 2. The van der Waals surface area contributed by atoms with Crippen molar-refractivity contribution in [1.29, 1.82) is 0 Å². The largest absolute Gasteiger partial charge is 0.378 e. The van der Waals surface area contributed by atoms with Gasteiger partial charge in [0.1, 0.15) is 0 Å². The molecule has 0 unspecified atom stereocenters. The standard InChI is InChI=1S/C19H20N2O2S/c22-19(20-11-13-23-14-12-20)9-10-21-15-5-1-3-7-17(15)24-18-8-4-2-6-16(18)21/h1-8H,9-14H2. The van der Waals surface area contributed by atoms with Crippen LogP contribution >= 0.6 is 11.8 Å². The van der Waals surface area contributed by atoms with Gasteiger partial charge in [0.15, 0.2) is 0 Å². The third-order valence-electron chi connectivity index (χ3n) is 4.45. The topological polar surface area (TPSA) is 32.8 Å². The molecule has 0 bridgehead atoms. The first-order valence-corrected chi connectivity index (χ1v) is 9.13. The zero-order chi connectivity index (χ0) is 16.4. The van der Waals surface area contributed by atoms with Crippen molar-refractivity contribution in [3.8, 4) is 0 Å². The van der Waals surface area contributed by atoms with Crippen molar-refractivity contribution in [2.45, 2.75) is 16.2 Å². The van der Waals surface area contributed by atoms with Crippen LogP contribution in [0, 0.1) is 0 Å². The lowest BCUT2D eigenvalue weighted by Crippen LogP contribution is -2.41. The van der Waals surface area contributed by atoms with Crippen molar-refractivity contribution in [2.24, 2.45) is 0 Å². The molecule has 5 heteroatoms. The minimum Gasteiger partial charge on any atom is -0.378 e. The second-order valence-corrected chi connectivity index (χ2v) is 7.02. The molecule has 2 aromatic rings. The lowest BCUT2D eigenvalue weighted by molar-refractivity contribution is -0.135. The molecule has 1 fully saturated rings. The van der Waals surface area contributed by atoms with Crippen LogP contribution in [0.5, 0.6) is 0 Å². The van der Waals surface area contributed by atoms with Crippen molar-refractivity contribution in [1.82, 2.24) is 4.90 Å². The van der Waals surface area contributed by atoms with Gasteiger partial charge in [-0.2, -0.15) is 0 Å². The fraction of sp³-hybridized carbons (Fsp3) is 0.316. The Morgan fingerprint density at radius 2 is 1.54 bits per heavy atom. The first-order chi connectivity index (χ1) is 11.8. The van der Waals surface area contributed by atoms with E-state index in [1.807, 2.05) is 4.90 Å². The van der Waals surface area contributed by atoms with Gasteiger partial charge in [0.25, 0.3) is 0 Å². The first kappa shape index (κ1) is 15.5. The van der Waals surface area contributed by atoms with Gasteiger partial charge in [-0.1, -0.05) is 36.0 Å². The molecule has 24 heavy (non-hydrogen) atoms. The maximum atomic E-state index is 12.5. The minimum absolute atomic E-state index is 0.214. The third-order valence-corrected chi connectivity index (χ3v) is 5.58. The summed E-state index contributed by atoms with van der Waals surface area (Å²) in [6, 6.07) is 16.8. The molecule has 4 rings (SSSR count). The highest BCUT2D eigenvalue weighted by Crippen LogP contribution is 2.47. The Balaban J connectivity index is 1.55. The number of rotatable bonds is 3. The van der Waals surface area contributed by atoms with E-state index >= 15 is 0 Å². The molecule has 0 N–H and O–H groups in total. The predicted octanol–water partition coefficient (Wildman–Crippen LogP) is 3.54. The highest BCUT2D eigenvalue weighted by Gasteiger charge is 2.24. The van der Waals surface area contributed by atoms with Gasteiger partial charge in [-0.05, 0) is 24.3 Å². The number of fused-ring (bicyclic) bond motifs is 2. The molecule has 0 atom stereocenters. The molecular weight excluding hydrogens is 320 g/mol. The Morgan fingerprint density at radius 3 is 2.17 bits per heavy atom. The van der Waals surface area contributed by atoms with Crippen LogP contribution in [-0.2, 0) is 9.53 Å². The molecule has 124 valence electrons. The molecule has 1 amide bonds. The summed E-state index contributed by atoms with van der Waals surface area (Å²) in [7, 11) is 0. The Labute approximate surface area is 146 Å². The average Bonchev–Trinajstić information content (AvgIpc) is 2.65. The Kier molecular flexibility index (Phi) is 4.45. The summed E-state index contributed by atoms with van der Waals surface area (Å²) in [5.41, 5.74) is 2.38. The average molecular weight is 340 g/mol. The Bertz CT molecular complexity index is 698. The molecule has 0 aliphatic carbocycles. The van der Waals surface area contributed by atoms with Gasteiger partial charge in [-0.15, -0.1) is 0 Å². The molecule has 0 aromatic heterocycles. The highest BCUT2D eigenvalue weighted by atomic mass is 32.2. The molecule has 0 spiro atoms. The van der Waals surface area contributed by atoms with E-state index in [-0.39, 0.29) is 5.91 Å². The number of nitrogens with zero attached hydrogens (tertiary/aromatic N) is 2. The summed E-state index contributed by atoms with van der Waals surface area (Å²) in [5, 5.41) is 0. The summed E-state index contributed by atoms with van der Waals surface area (Å²) in [4.78, 5) is 19.2. The molecule has 2 aliphatic rings. The number of hydrogen-bond donors (Lipinski definition) is 0. The number of para-hydroxylation sites is 2. The number of carbonyl (C=O) groups is 1. The van der Waals surface area contributed by atoms with Gasteiger partial charge in [-0.3, -0.25) is 4.79 Å². The van der Waals surface area contributed by atoms with Gasteiger partial charge >= 0.3 is 0 Å². The van der Waals surface area contributed by atoms with Crippen LogP contribution in [0.25, 0.3) is 0 Å². The second-order valence-electron chi connectivity index (χ2n) is 5.93. The van der Waals surface area contributed by atoms with Crippen LogP contribution in [0.3, 0.4) is 0 Å². The molecule has 0 radical (unpaired) electrons. The zero-order valence-electron chi connectivity index (χ0n) is 13.5. The van der Waals surface area contributed by atoms with Crippen molar-refractivity contribution in [3.05, 3.63) is 48.5 Å². The number of hydrogen-bond acceptors (Lipinski definition) is 4. The zero-order valence-corrected chi connectivity index (χ0v) is 14.3. The smallest absolute Gasteiger partial charge is 0.224 e. The van der Waals surface area contributed by atoms with Crippen molar-refractivity contribution in [3.63, 3.8) is 0 Å². The number of amides is 1. The highest BCUT2D eigenvalue weighted by molar-refractivity contribution is 7.99. The van der Waals surface area contributed by atoms with Crippen molar-refractivity contribution >= 4 is 29.0 Å².